The molecule has 2 aromatic heterocycles. The molecule has 0 saturated heterocycles. The summed E-state index contributed by atoms with van der Waals surface area (Å²) in [6.45, 7) is 2.29. The molecular weight excluding hydrogens is 375 g/mol. The Hall–Kier alpha value is -3.17. The summed E-state index contributed by atoms with van der Waals surface area (Å²) in [5.74, 6) is -0.468. The lowest BCUT2D eigenvalue weighted by atomic mass is 10.0. The van der Waals surface area contributed by atoms with E-state index in [1.807, 2.05) is 6.92 Å². The highest BCUT2D eigenvalue weighted by Gasteiger charge is 2.47. The Bertz CT molecular complexity index is 974. The van der Waals surface area contributed by atoms with Gasteiger partial charge in [-0.3, -0.25) is 0 Å². The fourth-order valence-electron chi connectivity index (χ4n) is 2.88. The molecule has 1 aliphatic rings. The maximum Gasteiger partial charge on any atom is 0.314 e. The van der Waals surface area contributed by atoms with Crippen LogP contribution in [-0.4, -0.2) is 26.8 Å². The van der Waals surface area contributed by atoms with Gasteiger partial charge in [-0.15, -0.1) is 10.2 Å². The van der Waals surface area contributed by atoms with Crippen LogP contribution in [0.4, 0.5) is 19.1 Å². The molecule has 0 spiro atoms. The minimum absolute atomic E-state index is 0.0967. The van der Waals surface area contributed by atoms with Gasteiger partial charge >= 0.3 is 6.43 Å². The molecule has 2 heterocycles. The van der Waals surface area contributed by atoms with Crippen molar-refractivity contribution in [2.24, 2.45) is 0 Å². The molecule has 7 nitrogen and oxygen atoms in total. The second-order valence-corrected chi connectivity index (χ2v) is 6.32. The Morgan fingerprint density at radius 2 is 1.96 bits per heavy atom. The second-order valence-electron chi connectivity index (χ2n) is 6.32. The molecule has 1 aliphatic carbocycles. The van der Waals surface area contributed by atoms with Crippen LogP contribution in [0.25, 0.3) is 11.5 Å². The predicted octanol–water partition coefficient (Wildman–Crippen LogP) is 4.10. The summed E-state index contributed by atoms with van der Waals surface area (Å²) in [4.78, 5) is 8.30. The van der Waals surface area contributed by atoms with Gasteiger partial charge in [0.25, 0.3) is 11.8 Å². The molecule has 0 aliphatic heterocycles. The molecule has 0 amide bonds. The molecule has 0 bridgehead atoms. The van der Waals surface area contributed by atoms with E-state index in [-0.39, 0.29) is 17.7 Å². The van der Waals surface area contributed by atoms with Crippen LogP contribution in [0.2, 0.25) is 0 Å². The molecule has 146 valence electrons. The number of rotatable bonds is 7. The van der Waals surface area contributed by atoms with Crippen molar-refractivity contribution in [3.05, 3.63) is 47.9 Å². The smallest absolute Gasteiger partial charge is 0.314 e. The van der Waals surface area contributed by atoms with Crippen molar-refractivity contribution in [3.8, 4) is 17.2 Å². The molecule has 1 saturated carbocycles. The van der Waals surface area contributed by atoms with Crippen molar-refractivity contribution in [2.45, 2.75) is 31.7 Å². The number of alkyl halides is 2. The fourth-order valence-corrected chi connectivity index (χ4v) is 2.88. The first-order chi connectivity index (χ1) is 13.5. The maximum absolute atomic E-state index is 14.5. The van der Waals surface area contributed by atoms with E-state index >= 15 is 0 Å². The molecule has 28 heavy (non-hydrogen) atoms. The standard InChI is InChI=1S/C18H16F3N5O2/c1-2-27-11-3-4-12(13(19)7-11)18(5-6-18)24-17-22-8-10(9-23-17)15-25-26-16(28-15)14(20)21/h3-4,7-9,14H,2,5-6H2,1H3,(H,22,23,24). The van der Waals surface area contributed by atoms with E-state index in [0.717, 1.165) is 12.8 Å². The highest BCUT2D eigenvalue weighted by Crippen LogP contribution is 2.49. The number of nitrogens with one attached hydrogen (secondary N) is 1. The summed E-state index contributed by atoms with van der Waals surface area (Å²) >= 11 is 0. The van der Waals surface area contributed by atoms with Crippen molar-refractivity contribution in [3.63, 3.8) is 0 Å². The normalized spacial score (nSPS) is 14.9. The van der Waals surface area contributed by atoms with Crippen LogP contribution in [0.15, 0.2) is 35.0 Å². The number of hydrogen-bond acceptors (Lipinski definition) is 7. The van der Waals surface area contributed by atoms with E-state index in [1.54, 1.807) is 12.1 Å². The monoisotopic (exact) mass is 391 g/mol. The molecular formula is C18H16F3N5O2. The minimum atomic E-state index is -2.85. The number of ether oxygens (including phenoxy) is 1. The Labute approximate surface area is 158 Å². The molecule has 3 aromatic rings. The zero-order valence-electron chi connectivity index (χ0n) is 14.8. The van der Waals surface area contributed by atoms with Crippen LogP contribution in [0.3, 0.4) is 0 Å². The lowest BCUT2D eigenvalue weighted by Gasteiger charge is -2.19. The van der Waals surface area contributed by atoms with Gasteiger partial charge in [-0.25, -0.2) is 14.4 Å². The van der Waals surface area contributed by atoms with Gasteiger partial charge in [-0.1, -0.05) is 6.07 Å². The van der Waals surface area contributed by atoms with Gasteiger partial charge in [-0.05, 0) is 25.8 Å². The lowest BCUT2D eigenvalue weighted by molar-refractivity contribution is 0.116. The molecule has 0 unspecified atom stereocenters. The summed E-state index contributed by atoms with van der Waals surface area (Å²) in [5.41, 5.74) is 0.244. The van der Waals surface area contributed by atoms with Crippen LogP contribution in [0, 0.1) is 5.82 Å². The third-order valence-electron chi connectivity index (χ3n) is 4.39. The Balaban J connectivity index is 1.51. The van der Waals surface area contributed by atoms with Gasteiger partial charge in [0.15, 0.2) is 0 Å². The zero-order chi connectivity index (χ0) is 19.7. The SMILES string of the molecule is CCOc1ccc(C2(Nc3ncc(-c4nnc(C(F)F)o4)cn3)CC2)c(F)c1. The van der Waals surface area contributed by atoms with Crippen molar-refractivity contribution < 1.29 is 22.3 Å². The van der Waals surface area contributed by atoms with Gasteiger partial charge in [0.05, 0.1) is 17.7 Å². The van der Waals surface area contributed by atoms with Crippen LogP contribution < -0.4 is 10.1 Å². The van der Waals surface area contributed by atoms with E-state index < -0.39 is 17.9 Å². The summed E-state index contributed by atoms with van der Waals surface area (Å²) in [6.07, 6.45) is 1.36. The van der Waals surface area contributed by atoms with E-state index in [9.17, 15) is 13.2 Å². The highest BCUT2D eigenvalue weighted by molar-refractivity contribution is 5.51. The summed E-state index contributed by atoms with van der Waals surface area (Å²) in [5, 5.41) is 9.96. The summed E-state index contributed by atoms with van der Waals surface area (Å²) in [6, 6.07) is 4.78. The van der Waals surface area contributed by atoms with Crippen molar-refractivity contribution >= 4 is 5.95 Å². The molecule has 10 heteroatoms. The Morgan fingerprint density at radius 1 is 1.21 bits per heavy atom. The summed E-state index contributed by atoms with van der Waals surface area (Å²) in [7, 11) is 0. The quantitative estimate of drug-likeness (QED) is 0.649. The number of hydrogen-bond donors (Lipinski definition) is 1. The highest BCUT2D eigenvalue weighted by atomic mass is 19.3. The zero-order valence-corrected chi connectivity index (χ0v) is 14.8. The number of halogens is 3. The average molecular weight is 391 g/mol. The van der Waals surface area contributed by atoms with Crippen LogP contribution >= 0.6 is 0 Å². The predicted molar refractivity (Wildman–Crippen MR) is 92.4 cm³/mol. The van der Waals surface area contributed by atoms with E-state index in [0.29, 0.717) is 23.5 Å². The molecule has 1 fully saturated rings. The van der Waals surface area contributed by atoms with Gasteiger partial charge in [0.2, 0.25) is 5.95 Å². The van der Waals surface area contributed by atoms with Crippen molar-refractivity contribution in [1.82, 2.24) is 20.2 Å². The largest absolute Gasteiger partial charge is 0.494 e. The molecule has 1 aromatic carbocycles. The first kappa shape index (κ1) is 18.2. The molecule has 1 N–H and O–H groups in total. The Kier molecular flexibility index (Phi) is 4.62. The molecule has 4 rings (SSSR count). The number of benzene rings is 1. The first-order valence-electron chi connectivity index (χ1n) is 8.66. The summed E-state index contributed by atoms with van der Waals surface area (Å²) < 4.78 is 49.8. The van der Waals surface area contributed by atoms with Gasteiger partial charge < -0.3 is 14.5 Å². The average Bonchev–Trinajstić information content (AvgIpc) is 3.26. The maximum atomic E-state index is 14.5. The van der Waals surface area contributed by atoms with Crippen LogP contribution in [-0.2, 0) is 5.54 Å². The van der Waals surface area contributed by atoms with Gasteiger partial charge in [0.1, 0.15) is 11.6 Å². The number of nitrogens with zero attached hydrogens (tertiary/aromatic N) is 4. The minimum Gasteiger partial charge on any atom is -0.494 e. The van der Waals surface area contributed by atoms with Gasteiger partial charge in [-0.2, -0.15) is 8.78 Å². The molecule has 0 atom stereocenters. The third kappa shape index (κ3) is 3.49. The van der Waals surface area contributed by atoms with Crippen molar-refractivity contribution in [2.75, 3.05) is 11.9 Å². The molecule has 0 radical (unpaired) electrons. The second kappa shape index (κ2) is 7.10. The van der Waals surface area contributed by atoms with E-state index in [1.165, 1.54) is 18.5 Å². The Morgan fingerprint density at radius 3 is 2.54 bits per heavy atom. The lowest BCUT2D eigenvalue weighted by Crippen LogP contribution is -2.21. The van der Waals surface area contributed by atoms with E-state index in [4.69, 9.17) is 9.15 Å². The topological polar surface area (TPSA) is 86.0 Å². The fraction of sp³-hybridized carbons (Fsp3) is 0.333. The van der Waals surface area contributed by atoms with Gasteiger partial charge in [0, 0.05) is 24.0 Å². The van der Waals surface area contributed by atoms with Crippen molar-refractivity contribution in [1.29, 1.82) is 0 Å². The van der Waals surface area contributed by atoms with Crippen LogP contribution in [0.1, 0.15) is 37.6 Å². The van der Waals surface area contributed by atoms with E-state index in [2.05, 4.69) is 25.5 Å². The number of anilines is 1. The third-order valence-corrected chi connectivity index (χ3v) is 4.39. The van der Waals surface area contributed by atoms with Crippen LogP contribution in [0.5, 0.6) is 5.75 Å². The number of aromatic nitrogens is 4. The first-order valence-corrected chi connectivity index (χ1v) is 8.66.